The summed E-state index contributed by atoms with van der Waals surface area (Å²) in [6.07, 6.45) is 0. The van der Waals surface area contributed by atoms with E-state index in [0.717, 1.165) is 15.1 Å². The first-order valence-corrected chi connectivity index (χ1v) is 5.20. The molecule has 0 atom stereocenters. The zero-order valence-electron chi connectivity index (χ0n) is 7.91. The summed E-state index contributed by atoms with van der Waals surface area (Å²) >= 11 is 9.25. The lowest BCUT2D eigenvalue weighted by atomic mass is 10.1. The fourth-order valence-electron chi connectivity index (χ4n) is 0.774. The molecule has 0 saturated carbocycles. The molecule has 0 aliphatic carbocycles. The standard InChI is InChI=1S/C8H8BrCl.C2H6/c1-5-3-7(9)4-8(10)6(5)2;1-2/h3-4H,1-2H3;1-2H3. The lowest BCUT2D eigenvalue weighted by Gasteiger charge is -2.01. The van der Waals surface area contributed by atoms with Crippen LogP contribution in [0, 0.1) is 13.8 Å². The van der Waals surface area contributed by atoms with Gasteiger partial charge in [0.25, 0.3) is 0 Å². The average Bonchev–Trinajstić information content (AvgIpc) is 2.04. The summed E-state index contributed by atoms with van der Waals surface area (Å²) in [5, 5.41) is 0.826. The number of benzene rings is 1. The van der Waals surface area contributed by atoms with Crippen LogP contribution in [0.3, 0.4) is 0 Å². The topological polar surface area (TPSA) is 0 Å². The quantitative estimate of drug-likeness (QED) is 0.623. The van der Waals surface area contributed by atoms with Gasteiger partial charge in [-0.3, -0.25) is 0 Å². The van der Waals surface area contributed by atoms with E-state index < -0.39 is 0 Å². The SMILES string of the molecule is CC.Cc1cc(Br)cc(Cl)c1C. The Morgan fingerprint density at radius 2 is 1.67 bits per heavy atom. The monoisotopic (exact) mass is 248 g/mol. The zero-order valence-corrected chi connectivity index (χ0v) is 10.3. The first-order valence-electron chi connectivity index (χ1n) is 4.03. The first-order chi connectivity index (χ1) is 5.61. The Bertz CT molecular complexity index is 233. The molecular weight excluding hydrogens is 235 g/mol. The predicted molar refractivity (Wildman–Crippen MR) is 60.0 cm³/mol. The fourth-order valence-corrected chi connectivity index (χ4v) is 1.75. The molecule has 0 aromatic heterocycles. The van der Waals surface area contributed by atoms with Gasteiger partial charge in [-0.05, 0) is 37.1 Å². The van der Waals surface area contributed by atoms with Crippen LogP contribution in [0.25, 0.3) is 0 Å². The van der Waals surface area contributed by atoms with Crippen LogP contribution in [0.1, 0.15) is 25.0 Å². The van der Waals surface area contributed by atoms with E-state index in [1.165, 1.54) is 5.56 Å². The van der Waals surface area contributed by atoms with Crippen LogP contribution in [-0.2, 0) is 0 Å². The molecule has 0 unspecified atom stereocenters. The minimum atomic E-state index is 0.826. The van der Waals surface area contributed by atoms with Crippen LogP contribution in [0.5, 0.6) is 0 Å². The Balaban J connectivity index is 0.000000561. The molecule has 2 heteroatoms. The molecule has 0 aliphatic rings. The lowest BCUT2D eigenvalue weighted by molar-refractivity contribution is 1.33. The van der Waals surface area contributed by atoms with Crippen molar-refractivity contribution in [1.82, 2.24) is 0 Å². The van der Waals surface area contributed by atoms with Gasteiger partial charge >= 0.3 is 0 Å². The molecule has 12 heavy (non-hydrogen) atoms. The third-order valence-corrected chi connectivity index (χ3v) is 2.42. The molecule has 1 aromatic carbocycles. The van der Waals surface area contributed by atoms with E-state index in [2.05, 4.69) is 22.0 Å². The maximum Gasteiger partial charge on any atom is 0.0449 e. The van der Waals surface area contributed by atoms with Crippen molar-refractivity contribution in [2.75, 3.05) is 0 Å². The molecular formula is C10H14BrCl. The molecule has 0 nitrogen and oxygen atoms in total. The van der Waals surface area contributed by atoms with Crippen molar-refractivity contribution in [2.24, 2.45) is 0 Å². The van der Waals surface area contributed by atoms with E-state index in [1.54, 1.807) is 0 Å². The van der Waals surface area contributed by atoms with Gasteiger partial charge in [0.05, 0.1) is 0 Å². The number of rotatable bonds is 0. The molecule has 0 bridgehead atoms. The highest BCUT2D eigenvalue weighted by Gasteiger charge is 1.98. The van der Waals surface area contributed by atoms with Gasteiger partial charge in [-0.25, -0.2) is 0 Å². The van der Waals surface area contributed by atoms with Crippen molar-refractivity contribution in [1.29, 1.82) is 0 Å². The molecule has 0 heterocycles. The maximum absolute atomic E-state index is 5.89. The number of hydrogen-bond acceptors (Lipinski definition) is 0. The highest BCUT2D eigenvalue weighted by atomic mass is 79.9. The molecule has 0 N–H and O–H groups in total. The summed E-state index contributed by atoms with van der Waals surface area (Å²) in [7, 11) is 0. The smallest absolute Gasteiger partial charge is 0.0449 e. The number of halogens is 2. The largest absolute Gasteiger partial charge is 0.0840 e. The van der Waals surface area contributed by atoms with Gasteiger partial charge in [0.2, 0.25) is 0 Å². The average molecular weight is 250 g/mol. The zero-order chi connectivity index (χ0) is 9.72. The van der Waals surface area contributed by atoms with Crippen molar-refractivity contribution >= 4 is 27.5 Å². The minimum Gasteiger partial charge on any atom is -0.0840 e. The third kappa shape index (κ3) is 3.16. The third-order valence-electron chi connectivity index (χ3n) is 1.57. The van der Waals surface area contributed by atoms with Crippen LogP contribution in [0.15, 0.2) is 16.6 Å². The summed E-state index contributed by atoms with van der Waals surface area (Å²) in [5.41, 5.74) is 2.38. The van der Waals surface area contributed by atoms with E-state index in [9.17, 15) is 0 Å². The lowest BCUT2D eigenvalue weighted by Crippen LogP contribution is -1.81. The number of hydrogen-bond donors (Lipinski definition) is 0. The highest BCUT2D eigenvalue weighted by molar-refractivity contribution is 9.10. The van der Waals surface area contributed by atoms with Gasteiger partial charge < -0.3 is 0 Å². The second-order valence-corrected chi connectivity index (χ2v) is 3.65. The molecule has 0 amide bonds. The van der Waals surface area contributed by atoms with Gasteiger partial charge in [0, 0.05) is 9.50 Å². The molecule has 0 fully saturated rings. The Kier molecular flexibility index (Phi) is 5.60. The van der Waals surface area contributed by atoms with Gasteiger partial charge in [-0.15, -0.1) is 0 Å². The van der Waals surface area contributed by atoms with Crippen LogP contribution in [0.2, 0.25) is 5.02 Å². The van der Waals surface area contributed by atoms with E-state index in [-0.39, 0.29) is 0 Å². The summed E-state index contributed by atoms with van der Waals surface area (Å²) in [4.78, 5) is 0. The summed E-state index contributed by atoms with van der Waals surface area (Å²) in [6, 6.07) is 3.96. The van der Waals surface area contributed by atoms with Crippen LogP contribution < -0.4 is 0 Å². The summed E-state index contributed by atoms with van der Waals surface area (Å²) in [6.45, 7) is 8.07. The highest BCUT2D eigenvalue weighted by Crippen LogP contribution is 2.23. The van der Waals surface area contributed by atoms with Crippen molar-refractivity contribution in [3.05, 3.63) is 32.8 Å². The Labute approximate surface area is 88.1 Å². The number of aryl methyl sites for hydroxylation is 1. The predicted octanol–water partition coefficient (Wildman–Crippen LogP) is 4.75. The van der Waals surface area contributed by atoms with Gasteiger partial charge in [-0.1, -0.05) is 41.4 Å². The van der Waals surface area contributed by atoms with Crippen molar-refractivity contribution in [3.8, 4) is 0 Å². The Morgan fingerprint density at radius 3 is 2.08 bits per heavy atom. The van der Waals surface area contributed by atoms with E-state index in [0.29, 0.717) is 0 Å². The van der Waals surface area contributed by atoms with E-state index in [4.69, 9.17) is 11.6 Å². The summed E-state index contributed by atoms with van der Waals surface area (Å²) in [5.74, 6) is 0. The minimum absolute atomic E-state index is 0.826. The molecule has 68 valence electrons. The van der Waals surface area contributed by atoms with Gasteiger partial charge in [0.1, 0.15) is 0 Å². The Morgan fingerprint density at radius 1 is 1.17 bits per heavy atom. The molecule has 0 spiro atoms. The van der Waals surface area contributed by atoms with Crippen molar-refractivity contribution < 1.29 is 0 Å². The van der Waals surface area contributed by atoms with Gasteiger partial charge in [-0.2, -0.15) is 0 Å². The van der Waals surface area contributed by atoms with Crippen LogP contribution in [-0.4, -0.2) is 0 Å². The van der Waals surface area contributed by atoms with Crippen LogP contribution in [0.4, 0.5) is 0 Å². The molecule has 0 radical (unpaired) electrons. The van der Waals surface area contributed by atoms with Crippen LogP contribution >= 0.6 is 27.5 Å². The van der Waals surface area contributed by atoms with E-state index in [1.807, 2.05) is 33.8 Å². The van der Waals surface area contributed by atoms with Crippen molar-refractivity contribution in [2.45, 2.75) is 27.7 Å². The van der Waals surface area contributed by atoms with E-state index >= 15 is 0 Å². The maximum atomic E-state index is 5.89. The molecule has 0 saturated heterocycles. The second-order valence-electron chi connectivity index (χ2n) is 2.33. The summed E-state index contributed by atoms with van der Waals surface area (Å²) < 4.78 is 1.04. The molecule has 0 aliphatic heterocycles. The molecule has 1 rings (SSSR count). The molecule has 1 aromatic rings. The Hall–Kier alpha value is -0.0100. The van der Waals surface area contributed by atoms with Crippen molar-refractivity contribution in [3.63, 3.8) is 0 Å². The fraction of sp³-hybridized carbons (Fsp3) is 0.400. The normalized spacial score (nSPS) is 8.83. The van der Waals surface area contributed by atoms with Gasteiger partial charge in [0.15, 0.2) is 0 Å². The first kappa shape index (κ1) is 12.0. The second kappa shape index (κ2) is 5.60.